The fraction of sp³-hybridized carbons (Fsp3) is 0.167. The van der Waals surface area contributed by atoms with Crippen molar-refractivity contribution < 1.29 is 14.7 Å². The third-order valence-electron chi connectivity index (χ3n) is 2.16. The minimum absolute atomic E-state index is 0.208. The number of carbonyl (C=O) groups excluding carboxylic acids is 2. The van der Waals surface area contributed by atoms with Crippen molar-refractivity contribution in [3.05, 3.63) is 35.9 Å². The fourth-order valence-corrected chi connectivity index (χ4v) is 1.14. The quantitative estimate of drug-likeness (QED) is 0.405. The second-order valence-corrected chi connectivity index (χ2v) is 3.66. The Bertz CT molecular complexity index is 454. The lowest BCUT2D eigenvalue weighted by Gasteiger charge is -2.06. The van der Waals surface area contributed by atoms with E-state index in [1.54, 1.807) is 30.3 Å². The molecule has 0 bridgehead atoms. The third-order valence-corrected chi connectivity index (χ3v) is 2.16. The predicted molar refractivity (Wildman–Crippen MR) is 68.1 cm³/mol. The summed E-state index contributed by atoms with van der Waals surface area (Å²) in [6.07, 6.45) is 1.50. The molecule has 0 fully saturated rings. The Balaban J connectivity index is 2.45. The first-order valence-electron chi connectivity index (χ1n) is 5.28. The number of anilines is 1. The SMILES string of the molecule is NC(=O)C(O)CNC(=O)/C=C/c1ccc(N)cc1. The van der Waals surface area contributed by atoms with E-state index in [-0.39, 0.29) is 6.54 Å². The second-order valence-electron chi connectivity index (χ2n) is 3.66. The summed E-state index contributed by atoms with van der Waals surface area (Å²) < 4.78 is 0. The minimum Gasteiger partial charge on any atom is -0.399 e. The van der Waals surface area contributed by atoms with Gasteiger partial charge in [-0.2, -0.15) is 0 Å². The van der Waals surface area contributed by atoms with E-state index >= 15 is 0 Å². The number of carbonyl (C=O) groups is 2. The summed E-state index contributed by atoms with van der Waals surface area (Å²) in [6, 6.07) is 6.96. The highest BCUT2D eigenvalue weighted by molar-refractivity contribution is 5.92. The monoisotopic (exact) mass is 249 g/mol. The van der Waals surface area contributed by atoms with Crippen molar-refractivity contribution in [3.8, 4) is 0 Å². The van der Waals surface area contributed by atoms with Crippen molar-refractivity contribution in [3.63, 3.8) is 0 Å². The van der Waals surface area contributed by atoms with E-state index < -0.39 is 17.9 Å². The highest BCUT2D eigenvalue weighted by atomic mass is 16.3. The topological polar surface area (TPSA) is 118 Å². The van der Waals surface area contributed by atoms with Crippen LogP contribution in [0.25, 0.3) is 6.08 Å². The number of nitrogen functional groups attached to an aromatic ring is 1. The standard InChI is InChI=1S/C12H15N3O3/c13-9-4-1-8(2-5-9)3-6-11(17)15-7-10(16)12(14)18/h1-6,10,16H,7,13H2,(H2,14,18)(H,15,17)/b6-3+. The van der Waals surface area contributed by atoms with Crippen molar-refractivity contribution in [1.82, 2.24) is 5.32 Å². The van der Waals surface area contributed by atoms with Crippen LogP contribution in [0, 0.1) is 0 Å². The maximum Gasteiger partial charge on any atom is 0.248 e. The average Bonchev–Trinajstić information content (AvgIpc) is 2.35. The maximum absolute atomic E-state index is 11.3. The van der Waals surface area contributed by atoms with Crippen LogP contribution in [-0.4, -0.2) is 29.6 Å². The largest absolute Gasteiger partial charge is 0.399 e. The Morgan fingerprint density at radius 3 is 2.50 bits per heavy atom. The highest BCUT2D eigenvalue weighted by Gasteiger charge is 2.10. The first-order chi connectivity index (χ1) is 8.49. The molecule has 1 atom stereocenters. The molecule has 0 aliphatic carbocycles. The predicted octanol–water partition coefficient (Wildman–Crippen LogP) is -0.756. The Hall–Kier alpha value is -2.34. The first kappa shape index (κ1) is 13.7. The molecule has 0 aliphatic rings. The molecule has 6 nitrogen and oxygen atoms in total. The number of hydrogen-bond acceptors (Lipinski definition) is 4. The van der Waals surface area contributed by atoms with Crippen LogP contribution in [-0.2, 0) is 9.59 Å². The van der Waals surface area contributed by atoms with Crippen LogP contribution in [0.3, 0.4) is 0 Å². The molecule has 1 aromatic carbocycles. The molecular formula is C12H15N3O3. The van der Waals surface area contributed by atoms with Gasteiger partial charge in [0.15, 0.2) is 0 Å². The number of rotatable bonds is 5. The zero-order valence-electron chi connectivity index (χ0n) is 9.67. The van der Waals surface area contributed by atoms with Crippen molar-refractivity contribution in [1.29, 1.82) is 0 Å². The molecule has 0 radical (unpaired) electrons. The molecular weight excluding hydrogens is 234 g/mol. The van der Waals surface area contributed by atoms with E-state index in [1.807, 2.05) is 0 Å². The maximum atomic E-state index is 11.3. The molecule has 1 aromatic rings. The van der Waals surface area contributed by atoms with Crippen LogP contribution in [0.1, 0.15) is 5.56 Å². The van der Waals surface area contributed by atoms with E-state index in [0.29, 0.717) is 5.69 Å². The minimum atomic E-state index is -1.38. The normalized spacial score (nSPS) is 12.3. The molecule has 0 saturated carbocycles. The van der Waals surface area contributed by atoms with Gasteiger partial charge in [-0.15, -0.1) is 0 Å². The number of benzene rings is 1. The Morgan fingerprint density at radius 2 is 1.94 bits per heavy atom. The van der Waals surface area contributed by atoms with Crippen LogP contribution < -0.4 is 16.8 Å². The van der Waals surface area contributed by atoms with E-state index in [2.05, 4.69) is 5.32 Å². The smallest absolute Gasteiger partial charge is 0.248 e. The summed E-state index contributed by atoms with van der Waals surface area (Å²) in [4.78, 5) is 21.8. The van der Waals surface area contributed by atoms with Crippen LogP contribution >= 0.6 is 0 Å². The number of nitrogens with one attached hydrogen (secondary N) is 1. The number of nitrogens with two attached hydrogens (primary N) is 2. The molecule has 1 unspecified atom stereocenters. The summed E-state index contributed by atoms with van der Waals surface area (Å²) in [7, 11) is 0. The molecule has 0 spiro atoms. The molecule has 96 valence electrons. The van der Waals surface area contributed by atoms with Gasteiger partial charge in [0.1, 0.15) is 6.10 Å². The molecule has 6 N–H and O–H groups in total. The zero-order chi connectivity index (χ0) is 13.5. The number of amides is 2. The number of hydrogen-bond donors (Lipinski definition) is 4. The van der Waals surface area contributed by atoms with Gasteiger partial charge in [0.2, 0.25) is 11.8 Å². The van der Waals surface area contributed by atoms with Gasteiger partial charge in [-0.25, -0.2) is 0 Å². The number of aliphatic hydroxyl groups is 1. The molecule has 18 heavy (non-hydrogen) atoms. The van der Waals surface area contributed by atoms with Crippen LogP contribution in [0.4, 0.5) is 5.69 Å². The number of primary amides is 1. The summed E-state index contributed by atoms with van der Waals surface area (Å²) in [5.74, 6) is -1.30. The highest BCUT2D eigenvalue weighted by Crippen LogP contribution is 2.06. The summed E-state index contributed by atoms with van der Waals surface area (Å²) in [5.41, 5.74) is 11.8. The molecule has 2 amide bonds. The van der Waals surface area contributed by atoms with Crippen molar-refractivity contribution >= 4 is 23.6 Å². The van der Waals surface area contributed by atoms with Crippen LogP contribution in [0.15, 0.2) is 30.3 Å². The van der Waals surface area contributed by atoms with Gasteiger partial charge in [0, 0.05) is 11.8 Å². The summed E-state index contributed by atoms with van der Waals surface area (Å²) in [5, 5.41) is 11.4. The number of aliphatic hydroxyl groups excluding tert-OH is 1. The van der Waals surface area contributed by atoms with Gasteiger partial charge >= 0.3 is 0 Å². The van der Waals surface area contributed by atoms with Gasteiger partial charge < -0.3 is 21.9 Å². The van der Waals surface area contributed by atoms with Crippen molar-refractivity contribution in [2.24, 2.45) is 5.73 Å². The molecule has 0 aromatic heterocycles. The molecule has 6 heteroatoms. The molecule has 0 heterocycles. The average molecular weight is 249 g/mol. The van der Waals surface area contributed by atoms with Crippen LogP contribution in [0.5, 0.6) is 0 Å². The van der Waals surface area contributed by atoms with Crippen LogP contribution in [0.2, 0.25) is 0 Å². The fourth-order valence-electron chi connectivity index (χ4n) is 1.14. The lowest BCUT2D eigenvalue weighted by atomic mass is 10.2. The van der Waals surface area contributed by atoms with Gasteiger partial charge in [0.05, 0.1) is 6.54 Å². The molecule has 1 rings (SSSR count). The van der Waals surface area contributed by atoms with Gasteiger partial charge in [-0.1, -0.05) is 12.1 Å². The van der Waals surface area contributed by atoms with E-state index in [9.17, 15) is 9.59 Å². The van der Waals surface area contributed by atoms with E-state index in [4.69, 9.17) is 16.6 Å². The zero-order valence-corrected chi connectivity index (χ0v) is 9.67. The lowest BCUT2D eigenvalue weighted by molar-refractivity contribution is -0.126. The third kappa shape index (κ3) is 4.67. The summed E-state index contributed by atoms with van der Waals surface area (Å²) in [6.45, 7) is -0.208. The molecule has 0 aliphatic heterocycles. The molecule has 0 saturated heterocycles. The Morgan fingerprint density at radius 1 is 1.33 bits per heavy atom. The first-order valence-corrected chi connectivity index (χ1v) is 5.28. The van der Waals surface area contributed by atoms with E-state index in [0.717, 1.165) is 5.56 Å². The second kappa shape index (κ2) is 6.41. The van der Waals surface area contributed by atoms with E-state index in [1.165, 1.54) is 6.08 Å². The van der Waals surface area contributed by atoms with Gasteiger partial charge in [-0.3, -0.25) is 9.59 Å². The van der Waals surface area contributed by atoms with Crippen molar-refractivity contribution in [2.45, 2.75) is 6.10 Å². The Labute approximate surface area is 104 Å². The van der Waals surface area contributed by atoms with Gasteiger partial charge in [-0.05, 0) is 23.8 Å². The summed E-state index contributed by atoms with van der Waals surface area (Å²) >= 11 is 0. The lowest BCUT2D eigenvalue weighted by Crippen LogP contribution is -2.39. The van der Waals surface area contributed by atoms with Gasteiger partial charge in [0.25, 0.3) is 0 Å². The Kier molecular flexibility index (Phi) is 4.89. The van der Waals surface area contributed by atoms with Crippen molar-refractivity contribution in [2.75, 3.05) is 12.3 Å².